The number of carbonyl (C=O) groups is 1. The summed E-state index contributed by atoms with van der Waals surface area (Å²) in [6.45, 7) is 0. The number of fused-ring (bicyclic) bond motifs is 1. The zero-order chi connectivity index (χ0) is 16.4. The fourth-order valence-electron chi connectivity index (χ4n) is 2.44. The number of hydrogen-bond acceptors (Lipinski definition) is 4. The second-order valence-electron chi connectivity index (χ2n) is 5.29. The minimum atomic E-state index is -0.358. The number of rotatable bonds is 3. The number of benzene rings is 2. The van der Waals surface area contributed by atoms with E-state index in [0.717, 1.165) is 16.5 Å². The first kappa shape index (κ1) is 14.1. The lowest BCUT2D eigenvalue weighted by atomic mass is 10.1. The number of nitrogens with zero attached hydrogens (tertiary/aromatic N) is 2. The van der Waals surface area contributed by atoms with Gasteiger partial charge in [0.1, 0.15) is 5.82 Å². The number of aromatic nitrogens is 2. The Balaban J connectivity index is 1.56. The van der Waals surface area contributed by atoms with Crippen LogP contribution in [0.5, 0.6) is 0 Å². The van der Waals surface area contributed by atoms with E-state index in [1.54, 1.807) is 12.1 Å². The van der Waals surface area contributed by atoms with Crippen LogP contribution in [0.25, 0.3) is 22.2 Å². The molecule has 0 radical (unpaired) electrons. The predicted octanol–water partition coefficient (Wildman–Crippen LogP) is 4.14. The molecule has 0 spiro atoms. The van der Waals surface area contributed by atoms with Gasteiger partial charge in [-0.3, -0.25) is 4.79 Å². The van der Waals surface area contributed by atoms with E-state index >= 15 is 0 Å². The summed E-state index contributed by atoms with van der Waals surface area (Å²) in [5.41, 5.74) is 1.90. The number of anilines is 1. The second kappa shape index (κ2) is 5.96. The maximum absolute atomic E-state index is 12.3. The van der Waals surface area contributed by atoms with Crippen LogP contribution in [0.2, 0.25) is 0 Å². The van der Waals surface area contributed by atoms with Gasteiger partial charge in [0.25, 0.3) is 5.91 Å². The molecule has 0 unspecified atom stereocenters. The standard InChI is InChI=1S/C19H13N3O2/c23-19(16-12-17(24-22-16)14-7-2-1-3-8-14)21-18-11-10-13-6-4-5-9-15(13)20-18/h1-12H,(H,20,21,23). The van der Waals surface area contributed by atoms with Gasteiger partial charge in [0.05, 0.1) is 5.52 Å². The van der Waals surface area contributed by atoms with Gasteiger partial charge in [0.2, 0.25) is 0 Å². The van der Waals surface area contributed by atoms with Crippen LogP contribution in [0.3, 0.4) is 0 Å². The molecule has 1 amide bonds. The van der Waals surface area contributed by atoms with Gasteiger partial charge in [0, 0.05) is 17.0 Å². The van der Waals surface area contributed by atoms with E-state index < -0.39 is 0 Å². The van der Waals surface area contributed by atoms with Gasteiger partial charge in [0.15, 0.2) is 11.5 Å². The van der Waals surface area contributed by atoms with Crippen molar-refractivity contribution in [1.29, 1.82) is 0 Å². The quantitative estimate of drug-likeness (QED) is 0.617. The molecule has 2 aromatic heterocycles. The average Bonchev–Trinajstić information content (AvgIpc) is 3.13. The summed E-state index contributed by atoms with van der Waals surface area (Å²) in [5, 5.41) is 7.60. The Morgan fingerprint density at radius 1 is 0.917 bits per heavy atom. The van der Waals surface area contributed by atoms with Crippen LogP contribution >= 0.6 is 0 Å². The number of hydrogen-bond donors (Lipinski definition) is 1. The first-order valence-corrected chi connectivity index (χ1v) is 7.49. The summed E-state index contributed by atoms with van der Waals surface area (Å²) in [5.74, 6) is 0.666. The van der Waals surface area contributed by atoms with Crippen LogP contribution in [0.15, 0.2) is 77.3 Å². The molecule has 1 N–H and O–H groups in total. The Hall–Kier alpha value is -3.47. The Labute approximate surface area is 137 Å². The van der Waals surface area contributed by atoms with Gasteiger partial charge in [-0.05, 0) is 18.2 Å². The van der Waals surface area contributed by atoms with E-state index in [4.69, 9.17) is 4.52 Å². The van der Waals surface area contributed by atoms with Gasteiger partial charge in [-0.2, -0.15) is 0 Å². The smallest absolute Gasteiger partial charge is 0.279 e. The number of nitrogens with one attached hydrogen (secondary N) is 1. The van der Waals surface area contributed by atoms with Crippen LogP contribution < -0.4 is 5.32 Å². The molecule has 0 atom stereocenters. The summed E-state index contributed by atoms with van der Waals surface area (Å²) in [4.78, 5) is 16.7. The maximum atomic E-state index is 12.3. The summed E-state index contributed by atoms with van der Waals surface area (Å²) >= 11 is 0. The normalized spacial score (nSPS) is 10.7. The zero-order valence-electron chi connectivity index (χ0n) is 12.6. The fraction of sp³-hybridized carbons (Fsp3) is 0. The maximum Gasteiger partial charge on any atom is 0.279 e. The third kappa shape index (κ3) is 2.75. The topological polar surface area (TPSA) is 68.0 Å². The van der Waals surface area contributed by atoms with Crippen molar-refractivity contribution >= 4 is 22.6 Å². The highest BCUT2D eigenvalue weighted by Gasteiger charge is 2.14. The molecule has 2 aromatic carbocycles. The van der Waals surface area contributed by atoms with Crippen molar-refractivity contribution in [3.8, 4) is 11.3 Å². The van der Waals surface area contributed by atoms with Crippen LogP contribution in [0.4, 0.5) is 5.82 Å². The average molecular weight is 315 g/mol. The lowest BCUT2D eigenvalue weighted by Gasteiger charge is -2.03. The minimum Gasteiger partial charge on any atom is -0.355 e. The van der Waals surface area contributed by atoms with Crippen LogP contribution in [-0.2, 0) is 0 Å². The molecule has 0 aliphatic rings. The molecule has 116 valence electrons. The lowest BCUT2D eigenvalue weighted by molar-refractivity contribution is 0.101. The van der Waals surface area contributed by atoms with Gasteiger partial charge >= 0.3 is 0 Å². The van der Waals surface area contributed by atoms with E-state index in [0.29, 0.717) is 11.6 Å². The van der Waals surface area contributed by atoms with Gasteiger partial charge in [-0.15, -0.1) is 0 Å². The highest BCUT2D eigenvalue weighted by atomic mass is 16.5. The minimum absolute atomic E-state index is 0.212. The number of para-hydroxylation sites is 1. The Morgan fingerprint density at radius 3 is 2.58 bits per heavy atom. The van der Waals surface area contributed by atoms with Crippen molar-refractivity contribution in [2.24, 2.45) is 0 Å². The summed E-state index contributed by atoms with van der Waals surface area (Å²) in [7, 11) is 0. The molecule has 0 saturated heterocycles. The van der Waals surface area contributed by atoms with Crippen molar-refractivity contribution in [2.45, 2.75) is 0 Å². The van der Waals surface area contributed by atoms with Gasteiger partial charge < -0.3 is 9.84 Å². The molecule has 0 bridgehead atoms. The van der Waals surface area contributed by atoms with Crippen molar-refractivity contribution in [3.63, 3.8) is 0 Å². The zero-order valence-corrected chi connectivity index (χ0v) is 12.6. The lowest BCUT2D eigenvalue weighted by Crippen LogP contribution is -2.13. The van der Waals surface area contributed by atoms with Crippen molar-refractivity contribution in [1.82, 2.24) is 10.1 Å². The molecule has 0 aliphatic heterocycles. The molecule has 4 aromatic rings. The van der Waals surface area contributed by atoms with E-state index in [1.807, 2.05) is 60.7 Å². The fourth-order valence-corrected chi connectivity index (χ4v) is 2.44. The highest BCUT2D eigenvalue weighted by molar-refractivity contribution is 6.03. The molecule has 0 saturated carbocycles. The molecule has 5 heteroatoms. The first-order chi connectivity index (χ1) is 11.8. The van der Waals surface area contributed by atoms with Crippen LogP contribution in [-0.4, -0.2) is 16.0 Å². The van der Waals surface area contributed by atoms with Crippen molar-refractivity contribution in [3.05, 3.63) is 78.5 Å². The molecule has 0 aliphatic carbocycles. The van der Waals surface area contributed by atoms with Crippen LogP contribution in [0, 0.1) is 0 Å². The van der Waals surface area contributed by atoms with Gasteiger partial charge in [-0.25, -0.2) is 4.98 Å². The second-order valence-corrected chi connectivity index (χ2v) is 5.29. The number of amides is 1. The van der Waals surface area contributed by atoms with E-state index in [1.165, 1.54) is 0 Å². The monoisotopic (exact) mass is 315 g/mol. The summed E-state index contributed by atoms with van der Waals surface area (Å²) < 4.78 is 5.25. The molecule has 24 heavy (non-hydrogen) atoms. The molecule has 4 rings (SSSR count). The van der Waals surface area contributed by atoms with E-state index in [9.17, 15) is 4.79 Å². The SMILES string of the molecule is O=C(Nc1ccc2ccccc2n1)c1cc(-c2ccccc2)on1. The molecule has 5 nitrogen and oxygen atoms in total. The Morgan fingerprint density at radius 2 is 1.71 bits per heavy atom. The van der Waals surface area contributed by atoms with E-state index in [-0.39, 0.29) is 11.6 Å². The molecular formula is C19H13N3O2. The third-order valence-electron chi connectivity index (χ3n) is 3.64. The summed E-state index contributed by atoms with van der Waals surface area (Å²) in [6.07, 6.45) is 0. The third-order valence-corrected chi connectivity index (χ3v) is 3.64. The molecular weight excluding hydrogens is 302 g/mol. The van der Waals surface area contributed by atoms with Crippen LogP contribution in [0.1, 0.15) is 10.5 Å². The number of carbonyl (C=O) groups excluding carboxylic acids is 1. The Kier molecular flexibility index (Phi) is 3.51. The largest absolute Gasteiger partial charge is 0.355 e. The first-order valence-electron chi connectivity index (χ1n) is 7.49. The van der Waals surface area contributed by atoms with Crippen molar-refractivity contribution < 1.29 is 9.32 Å². The molecule has 0 fully saturated rings. The number of pyridine rings is 1. The van der Waals surface area contributed by atoms with E-state index in [2.05, 4.69) is 15.5 Å². The Bertz CT molecular complexity index is 1010. The van der Waals surface area contributed by atoms with Crippen molar-refractivity contribution in [2.75, 3.05) is 5.32 Å². The summed E-state index contributed by atoms with van der Waals surface area (Å²) in [6, 6.07) is 22.5. The van der Waals surface area contributed by atoms with Gasteiger partial charge in [-0.1, -0.05) is 53.7 Å². The predicted molar refractivity (Wildman–Crippen MR) is 91.6 cm³/mol. The highest BCUT2D eigenvalue weighted by Crippen LogP contribution is 2.20. The molecule has 2 heterocycles.